The molecule has 5 aliphatic rings. The van der Waals surface area contributed by atoms with Crippen LogP contribution in [0.15, 0.2) is 140 Å². The Balaban J connectivity index is 1.29. The van der Waals surface area contributed by atoms with Gasteiger partial charge in [0.1, 0.15) is 0 Å². The zero-order valence-electron chi connectivity index (χ0n) is 25.7. The Morgan fingerprint density at radius 1 is 0.457 bits per heavy atom. The van der Waals surface area contributed by atoms with Gasteiger partial charge >= 0.3 is 0 Å². The van der Waals surface area contributed by atoms with E-state index in [0.29, 0.717) is 0 Å². The third-order valence-corrected chi connectivity index (χ3v) is 12.2. The Bertz CT molecular complexity index is 2170. The lowest BCUT2D eigenvalue weighted by Crippen LogP contribution is -2.62. The van der Waals surface area contributed by atoms with E-state index < -0.39 is 0 Å². The summed E-state index contributed by atoms with van der Waals surface area (Å²) in [6, 6.07) is 52.6. The van der Waals surface area contributed by atoms with Crippen LogP contribution in [0.5, 0.6) is 0 Å². The van der Waals surface area contributed by atoms with E-state index in [9.17, 15) is 0 Å². The van der Waals surface area contributed by atoms with Crippen LogP contribution in [0.3, 0.4) is 0 Å². The molecule has 3 aliphatic carbocycles. The number of benzene rings is 6. The lowest BCUT2D eigenvalue weighted by molar-refractivity contribution is 0.400. The van der Waals surface area contributed by atoms with Gasteiger partial charge in [0, 0.05) is 39.5 Å². The Kier molecular flexibility index (Phi) is 4.95. The predicted octanol–water partition coefficient (Wildman–Crippen LogP) is 8.86. The quantitative estimate of drug-likeness (QED) is 0.186. The third kappa shape index (κ3) is 2.95. The summed E-state index contributed by atoms with van der Waals surface area (Å²) in [5.41, 5.74) is 18.2. The van der Waals surface area contributed by atoms with Gasteiger partial charge in [-0.25, -0.2) is 0 Å². The molecule has 2 saturated carbocycles. The molecule has 6 aromatic rings. The van der Waals surface area contributed by atoms with E-state index in [0.717, 1.165) is 11.8 Å². The van der Waals surface area contributed by atoms with Crippen molar-refractivity contribution in [2.24, 2.45) is 11.8 Å². The average Bonchev–Trinajstić information content (AvgIpc) is 3.78. The number of nitrogens with zero attached hydrogens (tertiary/aromatic N) is 2. The zero-order valence-corrected chi connectivity index (χ0v) is 25.7. The van der Waals surface area contributed by atoms with Gasteiger partial charge in [0.2, 0.25) is 0 Å². The molecule has 2 bridgehead atoms. The summed E-state index contributed by atoms with van der Waals surface area (Å²) in [4.78, 5) is 5.05. The highest BCUT2D eigenvalue weighted by molar-refractivity contribution is 7.01. The lowest BCUT2D eigenvalue weighted by atomic mass is 9.32. The van der Waals surface area contributed by atoms with E-state index >= 15 is 0 Å². The van der Waals surface area contributed by atoms with Gasteiger partial charge in [0.15, 0.2) is 0 Å². The first-order valence-electron chi connectivity index (χ1n) is 17.0. The Morgan fingerprint density at radius 3 is 1.70 bits per heavy atom. The Labute approximate surface area is 271 Å². The number of fused-ring (bicyclic) bond motifs is 8. The number of hydrogen-bond donors (Lipinski definition) is 0. The summed E-state index contributed by atoms with van der Waals surface area (Å²) in [5, 5.41) is 0. The first-order chi connectivity index (χ1) is 22.9. The summed E-state index contributed by atoms with van der Waals surface area (Å²) in [6.45, 7) is 0.134. The summed E-state index contributed by atoms with van der Waals surface area (Å²) >= 11 is 0. The molecule has 218 valence electrons. The second-order valence-corrected chi connectivity index (χ2v) is 13.9. The van der Waals surface area contributed by atoms with Gasteiger partial charge in [-0.05, 0) is 125 Å². The monoisotopic (exact) mass is 588 g/mol. The summed E-state index contributed by atoms with van der Waals surface area (Å²) in [5.74, 6) is 1.48. The van der Waals surface area contributed by atoms with Gasteiger partial charge in [0.25, 0.3) is 6.71 Å². The highest BCUT2D eigenvalue weighted by Crippen LogP contribution is 2.68. The van der Waals surface area contributed by atoms with Crippen LogP contribution in [0.25, 0.3) is 11.1 Å². The average molecular weight is 589 g/mol. The molecule has 0 unspecified atom stereocenters. The van der Waals surface area contributed by atoms with Gasteiger partial charge in [0.05, 0.1) is 0 Å². The van der Waals surface area contributed by atoms with E-state index in [4.69, 9.17) is 0 Å². The molecule has 3 heteroatoms. The molecule has 0 aromatic heterocycles. The number of rotatable bonds is 2. The van der Waals surface area contributed by atoms with Gasteiger partial charge in [-0.2, -0.15) is 0 Å². The van der Waals surface area contributed by atoms with E-state index in [-0.39, 0.29) is 12.1 Å². The minimum atomic E-state index is 0.134. The molecule has 2 heterocycles. The van der Waals surface area contributed by atoms with Crippen molar-refractivity contribution in [3.63, 3.8) is 0 Å². The Morgan fingerprint density at radius 2 is 1.00 bits per heavy atom. The van der Waals surface area contributed by atoms with Crippen molar-refractivity contribution in [1.29, 1.82) is 0 Å². The molecule has 0 N–H and O–H groups in total. The van der Waals surface area contributed by atoms with Crippen molar-refractivity contribution in [2.45, 2.75) is 31.1 Å². The molecule has 2 fully saturated rings. The highest BCUT2D eigenvalue weighted by atomic mass is 15.2. The minimum absolute atomic E-state index is 0.134. The molecule has 11 rings (SSSR count). The van der Waals surface area contributed by atoms with Crippen LogP contribution in [-0.2, 0) is 5.41 Å². The second kappa shape index (κ2) is 9.04. The van der Waals surface area contributed by atoms with E-state index in [2.05, 4.69) is 149 Å². The maximum atomic E-state index is 2.56. The van der Waals surface area contributed by atoms with Crippen molar-refractivity contribution >= 4 is 57.2 Å². The van der Waals surface area contributed by atoms with Gasteiger partial charge in [-0.3, -0.25) is 0 Å². The van der Waals surface area contributed by atoms with Crippen molar-refractivity contribution in [3.05, 3.63) is 151 Å². The maximum Gasteiger partial charge on any atom is 0.252 e. The van der Waals surface area contributed by atoms with Crippen LogP contribution in [0.4, 0.5) is 34.1 Å². The van der Waals surface area contributed by atoms with E-state index in [1.807, 2.05) is 0 Å². The minimum Gasteiger partial charge on any atom is -0.311 e. The predicted molar refractivity (Wildman–Crippen MR) is 192 cm³/mol. The topological polar surface area (TPSA) is 6.48 Å². The fourth-order valence-corrected chi connectivity index (χ4v) is 10.7. The normalized spacial score (nSPS) is 22.4. The number of hydrogen-bond acceptors (Lipinski definition) is 2. The van der Waals surface area contributed by atoms with Gasteiger partial charge in [-0.15, -0.1) is 0 Å². The molecule has 1 spiro atoms. The van der Waals surface area contributed by atoms with Crippen molar-refractivity contribution in [2.75, 3.05) is 9.80 Å². The van der Waals surface area contributed by atoms with Crippen LogP contribution in [0.2, 0.25) is 0 Å². The second-order valence-electron chi connectivity index (χ2n) is 13.9. The molecule has 2 nitrogen and oxygen atoms in total. The molecule has 0 amide bonds. The molecule has 0 radical (unpaired) electrons. The first kappa shape index (κ1) is 25.2. The fraction of sp³-hybridized carbons (Fsp3) is 0.163. The van der Waals surface area contributed by atoms with Crippen molar-refractivity contribution < 1.29 is 0 Å². The van der Waals surface area contributed by atoms with Crippen LogP contribution >= 0.6 is 0 Å². The first-order valence-corrected chi connectivity index (χ1v) is 17.0. The van der Waals surface area contributed by atoms with Crippen LogP contribution in [-0.4, -0.2) is 6.71 Å². The SMILES string of the molecule is c1ccc(N2c3ccccc3B3c4c2cccc4N(c2ccccc2)c2ccc4c(c23)-c2ccccc2C42C3CCC2CC3)cc1. The summed E-state index contributed by atoms with van der Waals surface area (Å²) in [6.07, 6.45) is 5.43. The third-order valence-electron chi connectivity index (χ3n) is 12.2. The number of anilines is 6. The molecular formula is C43H33BN2. The summed E-state index contributed by atoms with van der Waals surface area (Å²) < 4.78 is 0. The molecule has 0 atom stereocenters. The largest absolute Gasteiger partial charge is 0.311 e. The lowest BCUT2D eigenvalue weighted by Gasteiger charge is -2.45. The zero-order chi connectivity index (χ0) is 30.0. The fourth-order valence-electron chi connectivity index (χ4n) is 10.7. The smallest absolute Gasteiger partial charge is 0.252 e. The van der Waals surface area contributed by atoms with Gasteiger partial charge < -0.3 is 9.80 Å². The molecule has 2 aliphatic heterocycles. The molecule has 0 saturated heterocycles. The summed E-state index contributed by atoms with van der Waals surface area (Å²) in [7, 11) is 0. The van der Waals surface area contributed by atoms with E-state index in [1.54, 1.807) is 11.1 Å². The highest BCUT2D eigenvalue weighted by Gasteiger charge is 2.61. The number of para-hydroxylation sites is 3. The standard InChI is InChI=1S/C43H33BN2/c1-3-12-30(13-4-1)45-36-19-10-9-18-35(36)44-41-37(45)20-11-21-38(41)46(31-14-5-2-6-15-31)39-27-26-34-40(42(39)44)32-16-7-8-17-33(32)43(34)28-22-23-29(43)25-24-28/h1-21,26-29H,22-25H2. The van der Waals surface area contributed by atoms with Crippen LogP contribution in [0, 0.1) is 11.8 Å². The molecular weight excluding hydrogens is 555 g/mol. The van der Waals surface area contributed by atoms with Gasteiger partial charge in [-0.1, -0.05) is 91.0 Å². The Hall–Kier alpha value is -5.02. The van der Waals surface area contributed by atoms with Crippen molar-refractivity contribution in [1.82, 2.24) is 0 Å². The molecule has 46 heavy (non-hydrogen) atoms. The van der Waals surface area contributed by atoms with Crippen molar-refractivity contribution in [3.8, 4) is 11.1 Å². The van der Waals surface area contributed by atoms with Crippen LogP contribution in [0.1, 0.15) is 36.8 Å². The molecule has 6 aromatic carbocycles. The maximum absolute atomic E-state index is 2.56. The van der Waals surface area contributed by atoms with E-state index in [1.165, 1.54) is 87.3 Å². The van der Waals surface area contributed by atoms with Crippen LogP contribution < -0.4 is 26.2 Å².